The van der Waals surface area contributed by atoms with Gasteiger partial charge in [0.25, 0.3) is 0 Å². The zero-order valence-corrected chi connectivity index (χ0v) is 8.45. The first-order valence-corrected chi connectivity index (χ1v) is 4.59. The molecule has 4 heteroatoms. The first-order valence-electron chi connectivity index (χ1n) is 4.59. The molecule has 0 aliphatic rings. The minimum atomic E-state index is 0.141. The van der Waals surface area contributed by atoms with Gasteiger partial charge in [0.1, 0.15) is 17.2 Å². The van der Waals surface area contributed by atoms with E-state index in [2.05, 4.69) is 5.18 Å². The molecule has 0 fully saturated rings. The summed E-state index contributed by atoms with van der Waals surface area (Å²) in [6.45, 7) is 0. The maximum Gasteiger partial charge on any atom is 0.115 e. The summed E-state index contributed by atoms with van der Waals surface area (Å²) in [4.78, 5) is 9.79. The molecule has 0 unspecified atom stereocenters. The van der Waals surface area contributed by atoms with Crippen LogP contribution in [-0.4, -0.2) is 10.2 Å². The highest BCUT2D eigenvalue weighted by atomic mass is 16.3. The van der Waals surface area contributed by atoms with Crippen LogP contribution in [0.1, 0.15) is 0 Å². The maximum atomic E-state index is 9.79. The SMILES string of the molecule is O=Nc1ccc(O)cc1.Oc1ccccc1. The highest BCUT2D eigenvalue weighted by molar-refractivity contribution is 5.40. The standard InChI is InChI=1S/C6H5NO2.C6H6O/c8-6-3-1-5(7-9)2-4-6;7-6-4-2-1-3-5-6/h1-4,8H;1-5,7H. The van der Waals surface area contributed by atoms with Crippen LogP contribution in [0.15, 0.2) is 59.8 Å². The summed E-state index contributed by atoms with van der Waals surface area (Å²) >= 11 is 0. The van der Waals surface area contributed by atoms with E-state index >= 15 is 0 Å². The number of phenolic OH excluding ortho intramolecular Hbond substituents is 2. The fourth-order valence-electron chi connectivity index (χ4n) is 0.941. The van der Waals surface area contributed by atoms with Crippen LogP contribution < -0.4 is 0 Å². The van der Waals surface area contributed by atoms with Gasteiger partial charge in [0.2, 0.25) is 0 Å². The second-order valence-corrected chi connectivity index (χ2v) is 2.94. The third kappa shape index (κ3) is 4.23. The van der Waals surface area contributed by atoms with Gasteiger partial charge >= 0.3 is 0 Å². The predicted octanol–water partition coefficient (Wildman–Crippen LogP) is 3.18. The Morgan fingerprint density at radius 2 is 1.25 bits per heavy atom. The second-order valence-electron chi connectivity index (χ2n) is 2.94. The normalized spacial score (nSPS) is 8.75. The molecule has 0 spiro atoms. The summed E-state index contributed by atoms with van der Waals surface area (Å²) < 4.78 is 0. The van der Waals surface area contributed by atoms with Gasteiger partial charge in [-0.25, -0.2) is 0 Å². The molecule has 0 radical (unpaired) electrons. The molecule has 4 nitrogen and oxygen atoms in total. The molecular formula is C12H11NO3. The van der Waals surface area contributed by atoms with Crippen molar-refractivity contribution in [2.75, 3.05) is 0 Å². The van der Waals surface area contributed by atoms with Crippen molar-refractivity contribution in [3.05, 3.63) is 59.5 Å². The molecule has 0 saturated carbocycles. The second kappa shape index (κ2) is 6.19. The topological polar surface area (TPSA) is 69.9 Å². The average molecular weight is 217 g/mol. The number of phenols is 2. The van der Waals surface area contributed by atoms with Crippen molar-refractivity contribution in [1.82, 2.24) is 0 Å². The van der Waals surface area contributed by atoms with Gasteiger partial charge in [0.15, 0.2) is 0 Å². The van der Waals surface area contributed by atoms with Crippen molar-refractivity contribution in [3.63, 3.8) is 0 Å². The molecule has 0 saturated heterocycles. The van der Waals surface area contributed by atoms with Gasteiger partial charge < -0.3 is 10.2 Å². The quantitative estimate of drug-likeness (QED) is 0.720. The zero-order valence-electron chi connectivity index (χ0n) is 8.45. The maximum absolute atomic E-state index is 9.79. The molecule has 2 aromatic rings. The minimum Gasteiger partial charge on any atom is -0.508 e. The number of nitroso groups, excluding NO2 is 1. The molecule has 0 amide bonds. The van der Waals surface area contributed by atoms with E-state index in [0.717, 1.165) is 0 Å². The van der Waals surface area contributed by atoms with Gasteiger partial charge in [-0.2, -0.15) is 0 Å². The van der Waals surface area contributed by atoms with Gasteiger partial charge in [0, 0.05) is 0 Å². The van der Waals surface area contributed by atoms with Crippen LogP contribution in [0.3, 0.4) is 0 Å². The minimum absolute atomic E-state index is 0.141. The van der Waals surface area contributed by atoms with Gasteiger partial charge in [-0.3, -0.25) is 0 Å². The van der Waals surface area contributed by atoms with Crippen LogP contribution >= 0.6 is 0 Å². The Bertz CT molecular complexity index is 426. The van der Waals surface area contributed by atoms with Gasteiger partial charge in [-0.05, 0) is 41.6 Å². The van der Waals surface area contributed by atoms with Crippen LogP contribution in [-0.2, 0) is 0 Å². The molecule has 2 rings (SSSR count). The molecule has 0 aliphatic heterocycles. The summed E-state index contributed by atoms with van der Waals surface area (Å²) in [5.74, 6) is 0.463. The molecule has 0 aliphatic carbocycles. The molecule has 0 aromatic heterocycles. The van der Waals surface area contributed by atoms with E-state index in [0.29, 0.717) is 11.4 Å². The Morgan fingerprint density at radius 1 is 0.750 bits per heavy atom. The summed E-state index contributed by atoms with van der Waals surface area (Å²) in [6, 6.07) is 14.4. The summed E-state index contributed by atoms with van der Waals surface area (Å²) in [6.07, 6.45) is 0. The lowest BCUT2D eigenvalue weighted by atomic mass is 10.3. The van der Waals surface area contributed by atoms with Crippen LogP contribution in [0.4, 0.5) is 5.69 Å². The lowest BCUT2D eigenvalue weighted by Crippen LogP contribution is -1.61. The van der Waals surface area contributed by atoms with Crippen LogP contribution in [0.5, 0.6) is 11.5 Å². The fraction of sp³-hybridized carbons (Fsp3) is 0. The van der Waals surface area contributed by atoms with Gasteiger partial charge in [0.05, 0.1) is 0 Å². The first-order chi connectivity index (χ1) is 7.72. The van der Waals surface area contributed by atoms with E-state index in [-0.39, 0.29) is 5.75 Å². The van der Waals surface area contributed by atoms with Crippen molar-refractivity contribution >= 4 is 5.69 Å². The van der Waals surface area contributed by atoms with Crippen molar-refractivity contribution in [2.24, 2.45) is 5.18 Å². The largest absolute Gasteiger partial charge is 0.508 e. The molecule has 82 valence electrons. The van der Waals surface area contributed by atoms with E-state index in [1.807, 2.05) is 6.07 Å². The summed E-state index contributed by atoms with van der Waals surface area (Å²) in [5.41, 5.74) is 0.327. The Kier molecular flexibility index (Phi) is 4.53. The molecular weight excluding hydrogens is 206 g/mol. The molecule has 0 heterocycles. The van der Waals surface area contributed by atoms with Gasteiger partial charge in [-0.1, -0.05) is 18.2 Å². The van der Waals surface area contributed by atoms with Gasteiger partial charge in [-0.15, -0.1) is 4.91 Å². The van der Waals surface area contributed by atoms with E-state index in [1.165, 1.54) is 24.3 Å². The third-order valence-electron chi connectivity index (χ3n) is 1.71. The number of nitrogens with zero attached hydrogens (tertiary/aromatic N) is 1. The van der Waals surface area contributed by atoms with E-state index in [1.54, 1.807) is 24.3 Å². The average Bonchev–Trinajstić information content (AvgIpc) is 2.32. The highest BCUT2D eigenvalue weighted by Gasteiger charge is 1.88. The lowest BCUT2D eigenvalue weighted by molar-refractivity contribution is 0.475. The van der Waals surface area contributed by atoms with Crippen LogP contribution in [0, 0.1) is 4.91 Å². The number of para-hydroxylation sites is 1. The van der Waals surface area contributed by atoms with Crippen molar-refractivity contribution in [2.45, 2.75) is 0 Å². The van der Waals surface area contributed by atoms with E-state index in [9.17, 15) is 4.91 Å². The molecule has 2 N–H and O–H groups in total. The number of hydrogen-bond acceptors (Lipinski definition) is 4. The van der Waals surface area contributed by atoms with Crippen molar-refractivity contribution < 1.29 is 10.2 Å². The molecule has 16 heavy (non-hydrogen) atoms. The Balaban J connectivity index is 0.000000165. The molecule has 0 atom stereocenters. The molecule has 0 bridgehead atoms. The summed E-state index contributed by atoms with van der Waals surface area (Å²) in [5, 5.41) is 20.0. The molecule has 2 aromatic carbocycles. The van der Waals surface area contributed by atoms with Crippen molar-refractivity contribution in [1.29, 1.82) is 0 Å². The monoisotopic (exact) mass is 217 g/mol. The zero-order chi connectivity index (χ0) is 11.8. The number of aromatic hydroxyl groups is 2. The van der Waals surface area contributed by atoms with Crippen LogP contribution in [0.2, 0.25) is 0 Å². The number of hydrogen-bond donors (Lipinski definition) is 2. The first kappa shape index (κ1) is 11.7. The summed E-state index contributed by atoms with van der Waals surface area (Å²) in [7, 11) is 0. The third-order valence-corrected chi connectivity index (χ3v) is 1.71. The predicted molar refractivity (Wildman–Crippen MR) is 61.7 cm³/mol. The Morgan fingerprint density at radius 3 is 1.62 bits per heavy atom. The Labute approximate surface area is 92.8 Å². The fourth-order valence-corrected chi connectivity index (χ4v) is 0.941. The van der Waals surface area contributed by atoms with Crippen molar-refractivity contribution in [3.8, 4) is 11.5 Å². The number of rotatable bonds is 1. The van der Waals surface area contributed by atoms with E-state index in [4.69, 9.17) is 10.2 Å². The lowest BCUT2D eigenvalue weighted by Gasteiger charge is -1.87. The van der Waals surface area contributed by atoms with E-state index < -0.39 is 0 Å². The highest BCUT2D eigenvalue weighted by Crippen LogP contribution is 2.15. The van der Waals surface area contributed by atoms with Crippen LogP contribution in [0.25, 0.3) is 0 Å². The Hall–Kier alpha value is -2.36. The number of benzene rings is 2. The smallest absolute Gasteiger partial charge is 0.115 e.